The van der Waals surface area contributed by atoms with E-state index in [2.05, 4.69) is 10.2 Å². The van der Waals surface area contributed by atoms with Crippen LogP contribution >= 0.6 is 34.9 Å². The van der Waals surface area contributed by atoms with Crippen molar-refractivity contribution in [3.05, 3.63) is 0 Å². The molecule has 1 aromatic rings. The molecule has 0 N–H and O–H groups in total. The Morgan fingerprint density at radius 1 is 1.50 bits per heavy atom. The average Bonchev–Trinajstić information content (AvgIpc) is 2.65. The van der Waals surface area contributed by atoms with E-state index < -0.39 is 0 Å². The summed E-state index contributed by atoms with van der Waals surface area (Å²) in [6.07, 6.45) is 2.38. The van der Waals surface area contributed by atoms with Crippen molar-refractivity contribution in [1.29, 1.82) is 0 Å². The van der Waals surface area contributed by atoms with Gasteiger partial charge in [0.05, 0.1) is 13.0 Å². The Morgan fingerprint density at radius 2 is 2.19 bits per heavy atom. The molecule has 16 heavy (non-hydrogen) atoms. The molecule has 0 aromatic carbocycles. The molecule has 0 radical (unpaired) electrons. The van der Waals surface area contributed by atoms with Gasteiger partial charge < -0.3 is 4.74 Å². The summed E-state index contributed by atoms with van der Waals surface area (Å²) in [6.45, 7) is 4.23. The van der Waals surface area contributed by atoms with E-state index >= 15 is 0 Å². The van der Waals surface area contributed by atoms with Crippen molar-refractivity contribution >= 4 is 40.8 Å². The molecule has 0 fully saturated rings. The van der Waals surface area contributed by atoms with Crippen molar-refractivity contribution in [2.45, 2.75) is 34.2 Å². The lowest BCUT2D eigenvalue weighted by Gasteiger charge is -2.07. The third-order valence-electron chi connectivity index (χ3n) is 1.62. The number of carbonyl (C=O) groups excluding carboxylic acids is 1. The zero-order chi connectivity index (χ0) is 12.0. The monoisotopic (exact) mass is 278 g/mol. The number of esters is 1. The van der Waals surface area contributed by atoms with Gasteiger partial charge in [0.1, 0.15) is 0 Å². The highest BCUT2D eigenvalue weighted by molar-refractivity contribution is 8.03. The van der Waals surface area contributed by atoms with Crippen LogP contribution in [0.4, 0.5) is 0 Å². The van der Waals surface area contributed by atoms with Crippen LogP contribution < -0.4 is 0 Å². The second-order valence-electron chi connectivity index (χ2n) is 2.98. The molecule has 0 spiro atoms. The normalized spacial score (nSPS) is 12.4. The molecule has 0 amide bonds. The van der Waals surface area contributed by atoms with Gasteiger partial charge in [-0.05, 0) is 13.2 Å². The third-order valence-corrected chi connectivity index (χ3v) is 4.71. The molecule has 1 atom stereocenters. The van der Waals surface area contributed by atoms with Gasteiger partial charge >= 0.3 is 5.97 Å². The maximum atomic E-state index is 11.2. The molecule has 0 saturated carbocycles. The van der Waals surface area contributed by atoms with E-state index in [0.29, 0.717) is 13.0 Å². The number of ether oxygens (including phenoxy) is 1. The number of hydrogen-bond donors (Lipinski definition) is 0. The summed E-state index contributed by atoms with van der Waals surface area (Å²) in [5.74, 6) is -0.155. The maximum Gasteiger partial charge on any atom is 0.306 e. The van der Waals surface area contributed by atoms with Gasteiger partial charge in [-0.3, -0.25) is 4.79 Å². The van der Waals surface area contributed by atoms with Crippen LogP contribution in [-0.2, 0) is 9.53 Å². The van der Waals surface area contributed by atoms with E-state index in [1.54, 1.807) is 34.9 Å². The number of nitrogens with zero attached hydrogens (tertiary/aromatic N) is 2. The molecule has 0 aliphatic carbocycles. The van der Waals surface area contributed by atoms with E-state index in [0.717, 1.165) is 8.68 Å². The third kappa shape index (κ3) is 4.71. The lowest BCUT2D eigenvalue weighted by atomic mass is 10.3. The Labute approximate surface area is 108 Å². The predicted octanol–water partition coefficient (Wildman–Crippen LogP) is 2.69. The van der Waals surface area contributed by atoms with Gasteiger partial charge in [0.15, 0.2) is 8.68 Å². The lowest BCUT2D eigenvalue weighted by molar-refractivity contribution is -0.142. The van der Waals surface area contributed by atoms with Crippen LogP contribution in [0.3, 0.4) is 0 Å². The first-order valence-corrected chi connectivity index (χ1v) is 7.77. The second kappa shape index (κ2) is 7.13. The molecule has 0 aliphatic rings. The van der Waals surface area contributed by atoms with Gasteiger partial charge in [-0.15, -0.1) is 10.2 Å². The van der Waals surface area contributed by atoms with Crippen molar-refractivity contribution in [2.75, 3.05) is 12.9 Å². The fourth-order valence-electron chi connectivity index (χ4n) is 0.996. The molecule has 1 aromatic heterocycles. The first-order chi connectivity index (χ1) is 7.65. The Balaban J connectivity index is 2.38. The molecular weight excluding hydrogens is 264 g/mol. The molecule has 1 unspecified atom stereocenters. The number of hydrogen-bond acceptors (Lipinski definition) is 7. The van der Waals surface area contributed by atoms with E-state index in [1.165, 1.54) is 0 Å². The zero-order valence-electron chi connectivity index (χ0n) is 9.43. The highest BCUT2D eigenvalue weighted by Crippen LogP contribution is 2.31. The summed E-state index contributed by atoms with van der Waals surface area (Å²) in [4.78, 5) is 11.2. The molecule has 0 saturated heterocycles. The molecule has 1 rings (SSSR count). The molecular formula is C9H14N2O2S3. The van der Waals surface area contributed by atoms with Crippen LogP contribution in [0.25, 0.3) is 0 Å². The molecule has 7 heteroatoms. The molecule has 90 valence electrons. The highest BCUT2D eigenvalue weighted by Gasteiger charge is 2.13. The van der Waals surface area contributed by atoms with Crippen LogP contribution in [0.5, 0.6) is 0 Å². The topological polar surface area (TPSA) is 52.1 Å². The fraction of sp³-hybridized carbons (Fsp3) is 0.667. The zero-order valence-corrected chi connectivity index (χ0v) is 11.9. The van der Waals surface area contributed by atoms with E-state index in [4.69, 9.17) is 4.74 Å². The Hall–Kier alpha value is -0.270. The smallest absolute Gasteiger partial charge is 0.306 e. The Kier molecular flexibility index (Phi) is 6.15. The summed E-state index contributed by atoms with van der Waals surface area (Å²) in [5, 5.41) is 8.20. The second-order valence-corrected chi connectivity index (χ2v) is 6.69. The molecule has 4 nitrogen and oxygen atoms in total. The predicted molar refractivity (Wildman–Crippen MR) is 68.3 cm³/mol. The lowest BCUT2D eigenvalue weighted by Crippen LogP contribution is -2.10. The number of carbonyl (C=O) groups is 1. The average molecular weight is 278 g/mol. The van der Waals surface area contributed by atoms with Gasteiger partial charge in [-0.1, -0.05) is 41.8 Å². The quantitative estimate of drug-likeness (QED) is 0.589. The first kappa shape index (κ1) is 13.8. The minimum atomic E-state index is -0.155. The van der Waals surface area contributed by atoms with Crippen LogP contribution in [0.2, 0.25) is 0 Å². The summed E-state index contributed by atoms with van der Waals surface area (Å²) < 4.78 is 6.74. The van der Waals surface area contributed by atoms with Crippen molar-refractivity contribution in [2.24, 2.45) is 0 Å². The summed E-state index contributed by atoms with van der Waals surface area (Å²) >= 11 is 4.70. The van der Waals surface area contributed by atoms with Crippen LogP contribution in [0.15, 0.2) is 8.68 Å². The van der Waals surface area contributed by atoms with Gasteiger partial charge in [-0.2, -0.15) is 0 Å². The number of aromatic nitrogens is 2. The standard InChI is InChI=1S/C9H14N2O2S3/c1-4-13-7(12)5-6(2)15-9-11-10-8(14-3)16-9/h6H,4-5H2,1-3H3. The molecule has 0 bridgehead atoms. The Bertz CT molecular complexity index is 343. The Morgan fingerprint density at radius 3 is 2.75 bits per heavy atom. The summed E-state index contributed by atoms with van der Waals surface area (Å²) in [6, 6.07) is 0. The van der Waals surface area contributed by atoms with Crippen molar-refractivity contribution < 1.29 is 9.53 Å². The van der Waals surface area contributed by atoms with Gasteiger partial charge in [0.2, 0.25) is 0 Å². The summed E-state index contributed by atoms with van der Waals surface area (Å²) in [7, 11) is 0. The van der Waals surface area contributed by atoms with Crippen LogP contribution in [0, 0.1) is 0 Å². The van der Waals surface area contributed by atoms with Crippen molar-refractivity contribution in [1.82, 2.24) is 10.2 Å². The van der Waals surface area contributed by atoms with E-state index in [9.17, 15) is 4.79 Å². The minimum absolute atomic E-state index is 0.155. The van der Waals surface area contributed by atoms with Gasteiger partial charge in [0.25, 0.3) is 0 Å². The fourth-order valence-corrected chi connectivity index (χ4v) is 3.73. The van der Waals surface area contributed by atoms with Crippen LogP contribution in [0.1, 0.15) is 20.3 Å². The van der Waals surface area contributed by atoms with E-state index in [-0.39, 0.29) is 11.2 Å². The number of rotatable bonds is 6. The van der Waals surface area contributed by atoms with E-state index in [1.807, 2.05) is 20.1 Å². The SMILES string of the molecule is CCOC(=O)CC(C)Sc1nnc(SC)s1. The first-order valence-electron chi connectivity index (χ1n) is 4.85. The maximum absolute atomic E-state index is 11.2. The summed E-state index contributed by atoms with van der Waals surface area (Å²) in [5.41, 5.74) is 0. The number of thioether (sulfide) groups is 2. The van der Waals surface area contributed by atoms with Crippen molar-refractivity contribution in [3.63, 3.8) is 0 Å². The van der Waals surface area contributed by atoms with Crippen molar-refractivity contribution in [3.8, 4) is 0 Å². The highest BCUT2D eigenvalue weighted by atomic mass is 32.2. The molecule has 0 aliphatic heterocycles. The largest absolute Gasteiger partial charge is 0.466 e. The minimum Gasteiger partial charge on any atom is -0.466 e. The van der Waals surface area contributed by atoms with Crippen LogP contribution in [-0.4, -0.2) is 34.3 Å². The van der Waals surface area contributed by atoms with Gasteiger partial charge in [-0.25, -0.2) is 0 Å². The van der Waals surface area contributed by atoms with Gasteiger partial charge in [0, 0.05) is 5.25 Å². The molecule has 1 heterocycles.